The zero-order valence-electron chi connectivity index (χ0n) is 17.3. The Kier molecular flexibility index (Phi) is 5.16. The summed E-state index contributed by atoms with van der Waals surface area (Å²) in [6.45, 7) is 6.22. The van der Waals surface area contributed by atoms with Crippen molar-refractivity contribution in [2.75, 3.05) is 37.6 Å². The van der Waals surface area contributed by atoms with Crippen molar-refractivity contribution in [3.63, 3.8) is 0 Å². The Morgan fingerprint density at radius 2 is 1.83 bits per heavy atom. The van der Waals surface area contributed by atoms with Gasteiger partial charge >= 0.3 is 0 Å². The summed E-state index contributed by atoms with van der Waals surface area (Å²) in [5.74, 6) is 0.332. The summed E-state index contributed by atoms with van der Waals surface area (Å²) >= 11 is 0. The second-order valence-corrected chi connectivity index (χ2v) is 8.77. The van der Waals surface area contributed by atoms with Crippen LogP contribution in [0.4, 0.5) is 6.01 Å². The second-order valence-electron chi connectivity index (χ2n) is 8.77. The molecule has 2 aromatic rings. The van der Waals surface area contributed by atoms with Crippen molar-refractivity contribution in [3.05, 3.63) is 17.8 Å². The highest BCUT2D eigenvalue weighted by atomic mass is 16.4. The number of hydrogen-bond donors (Lipinski definition) is 0. The molecule has 1 unspecified atom stereocenters. The van der Waals surface area contributed by atoms with Crippen LogP contribution in [0.25, 0.3) is 11.2 Å². The molecule has 0 aromatic carbocycles. The normalized spacial score (nSPS) is 24.5. The first kappa shape index (κ1) is 18.9. The van der Waals surface area contributed by atoms with E-state index in [1.807, 2.05) is 19.1 Å². The Morgan fingerprint density at radius 1 is 0.966 bits per heavy atom. The molecule has 2 saturated heterocycles. The number of anilines is 1. The van der Waals surface area contributed by atoms with Crippen LogP contribution >= 0.6 is 0 Å². The Balaban J connectivity index is 1.23. The standard InChI is InChI=1S/C22H31N5O2/c1-16-8-9-19-20(23-16)24-22(29-19)26-12-5-11-25(14-15-26)21(28)18-10-13-27(18)17-6-3-2-4-7-17/h8-9,17-18H,2-7,10-15H2,1H3. The van der Waals surface area contributed by atoms with E-state index in [1.54, 1.807) is 0 Å². The smallest absolute Gasteiger partial charge is 0.300 e. The zero-order valence-corrected chi connectivity index (χ0v) is 17.3. The van der Waals surface area contributed by atoms with E-state index < -0.39 is 0 Å². The summed E-state index contributed by atoms with van der Waals surface area (Å²) in [7, 11) is 0. The highest BCUT2D eigenvalue weighted by Gasteiger charge is 2.41. The van der Waals surface area contributed by atoms with Gasteiger partial charge in [0.15, 0.2) is 5.58 Å². The number of hydrogen-bond acceptors (Lipinski definition) is 6. The van der Waals surface area contributed by atoms with E-state index in [4.69, 9.17) is 4.42 Å². The Bertz CT molecular complexity index is 875. The van der Waals surface area contributed by atoms with E-state index in [2.05, 4.69) is 24.7 Å². The van der Waals surface area contributed by atoms with Crippen LogP contribution in [0.1, 0.15) is 50.6 Å². The van der Waals surface area contributed by atoms with Crippen molar-refractivity contribution in [1.29, 1.82) is 0 Å². The number of aromatic nitrogens is 2. The van der Waals surface area contributed by atoms with Gasteiger partial charge in [0.05, 0.1) is 6.04 Å². The molecule has 156 valence electrons. The first-order valence-corrected chi connectivity index (χ1v) is 11.2. The predicted molar refractivity (Wildman–Crippen MR) is 112 cm³/mol. The fraction of sp³-hybridized carbons (Fsp3) is 0.682. The molecule has 7 nitrogen and oxygen atoms in total. The lowest BCUT2D eigenvalue weighted by molar-refractivity contribution is -0.144. The van der Waals surface area contributed by atoms with Gasteiger partial charge in [-0.05, 0) is 44.7 Å². The van der Waals surface area contributed by atoms with E-state index >= 15 is 0 Å². The number of oxazole rings is 1. The molecule has 2 aliphatic heterocycles. The average molecular weight is 398 g/mol. The second kappa shape index (κ2) is 7.94. The summed E-state index contributed by atoms with van der Waals surface area (Å²) in [4.78, 5) is 29.0. The lowest BCUT2D eigenvalue weighted by Gasteiger charge is -2.47. The predicted octanol–water partition coefficient (Wildman–Crippen LogP) is 2.98. The summed E-state index contributed by atoms with van der Waals surface area (Å²) in [6.07, 6.45) is 8.49. The van der Waals surface area contributed by atoms with Gasteiger partial charge in [-0.1, -0.05) is 19.3 Å². The van der Waals surface area contributed by atoms with Crippen LogP contribution in [0.3, 0.4) is 0 Å². The van der Waals surface area contributed by atoms with Crippen molar-refractivity contribution in [2.24, 2.45) is 0 Å². The molecule has 1 amide bonds. The maximum atomic E-state index is 13.2. The molecule has 1 aliphatic carbocycles. The lowest BCUT2D eigenvalue weighted by atomic mass is 9.89. The van der Waals surface area contributed by atoms with E-state index in [-0.39, 0.29) is 6.04 Å². The minimum atomic E-state index is 0.112. The SMILES string of the molecule is Cc1ccc2oc(N3CCCN(C(=O)C4CCN4C4CCCCC4)CC3)nc2n1. The zero-order chi connectivity index (χ0) is 19.8. The van der Waals surface area contributed by atoms with E-state index in [0.29, 0.717) is 23.6 Å². The van der Waals surface area contributed by atoms with Crippen molar-refractivity contribution < 1.29 is 9.21 Å². The van der Waals surface area contributed by atoms with Gasteiger partial charge in [-0.3, -0.25) is 9.69 Å². The van der Waals surface area contributed by atoms with E-state index in [0.717, 1.165) is 56.8 Å². The van der Waals surface area contributed by atoms with Gasteiger partial charge in [0.25, 0.3) is 6.01 Å². The van der Waals surface area contributed by atoms with Gasteiger partial charge in [-0.25, -0.2) is 4.98 Å². The van der Waals surface area contributed by atoms with Crippen molar-refractivity contribution >= 4 is 23.2 Å². The summed E-state index contributed by atoms with van der Waals surface area (Å²) in [5, 5.41) is 0. The average Bonchev–Trinajstić information content (AvgIpc) is 2.95. The Labute approximate surface area is 172 Å². The summed E-state index contributed by atoms with van der Waals surface area (Å²) in [5.41, 5.74) is 2.32. The fourth-order valence-electron chi connectivity index (χ4n) is 5.10. The largest absolute Gasteiger partial charge is 0.422 e. The van der Waals surface area contributed by atoms with Gasteiger partial charge in [0.2, 0.25) is 11.6 Å². The van der Waals surface area contributed by atoms with Gasteiger partial charge in [-0.2, -0.15) is 4.98 Å². The van der Waals surface area contributed by atoms with Crippen molar-refractivity contribution in [1.82, 2.24) is 19.8 Å². The first-order valence-electron chi connectivity index (χ1n) is 11.2. The number of nitrogens with zero attached hydrogens (tertiary/aromatic N) is 5. The third-order valence-electron chi connectivity index (χ3n) is 6.85. The van der Waals surface area contributed by atoms with Crippen molar-refractivity contribution in [2.45, 2.75) is 64.0 Å². The van der Waals surface area contributed by atoms with Crippen LogP contribution in [0.2, 0.25) is 0 Å². The van der Waals surface area contributed by atoms with Gasteiger partial charge < -0.3 is 14.2 Å². The maximum absolute atomic E-state index is 13.2. The molecule has 1 atom stereocenters. The maximum Gasteiger partial charge on any atom is 0.300 e. The molecule has 5 rings (SSSR count). The molecule has 4 heterocycles. The van der Waals surface area contributed by atoms with Gasteiger partial charge in [0.1, 0.15) is 0 Å². The van der Waals surface area contributed by atoms with Gasteiger partial charge in [-0.15, -0.1) is 0 Å². The van der Waals surface area contributed by atoms with E-state index in [9.17, 15) is 4.79 Å². The van der Waals surface area contributed by atoms with Gasteiger partial charge in [0, 0.05) is 44.5 Å². The third-order valence-corrected chi connectivity index (χ3v) is 6.85. The molecule has 7 heteroatoms. The molecule has 3 fully saturated rings. The minimum absolute atomic E-state index is 0.112. The lowest BCUT2D eigenvalue weighted by Crippen LogP contribution is -2.60. The van der Waals surface area contributed by atoms with Crippen LogP contribution < -0.4 is 4.90 Å². The molecule has 0 N–H and O–H groups in total. The monoisotopic (exact) mass is 397 g/mol. The van der Waals surface area contributed by atoms with Crippen LogP contribution in [-0.2, 0) is 4.79 Å². The first-order chi connectivity index (χ1) is 14.2. The number of fused-ring (bicyclic) bond motifs is 1. The number of amides is 1. The Hall–Kier alpha value is -2.15. The number of rotatable bonds is 3. The highest BCUT2D eigenvalue weighted by molar-refractivity contribution is 5.83. The van der Waals surface area contributed by atoms with Crippen LogP contribution in [0.5, 0.6) is 0 Å². The number of aryl methyl sites for hydroxylation is 1. The molecule has 0 bridgehead atoms. The summed E-state index contributed by atoms with van der Waals surface area (Å²) in [6, 6.07) is 5.24. The third kappa shape index (κ3) is 3.72. The number of carbonyl (C=O) groups is 1. The van der Waals surface area contributed by atoms with E-state index in [1.165, 1.54) is 32.1 Å². The molecule has 0 radical (unpaired) electrons. The number of likely N-dealkylation sites (tertiary alicyclic amines) is 1. The quantitative estimate of drug-likeness (QED) is 0.793. The fourth-order valence-corrected chi connectivity index (χ4v) is 5.10. The molecule has 2 aromatic heterocycles. The summed E-state index contributed by atoms with van der Waals surface area (Å²) < 4.78 is 5.93. The molecule has 1 saturated carbocycles. The topological polar surface area (TPSA) is 65.7 Å². The number of pyridine rings is 1. The molecular formula is C22H31N5O2. The molecular weight excluding hydrogens is 366 g/mol. The number of carbonyl (C=O) groups excluding carboxylic acids is 1. The molecule has 3 aliphatic rings. The van der Waals surface area contributed by atoms with Crippen LogP contribution in [0, 0.1) is 6.92 Å². The molecule has 29 heavy (non-hydrogen) atoms. The highest BCUT2D eigenvalue weighted by Crippen LogP contribution is 2.31. The Morgan fingerprint density at radius 3 is 2.62 bits per heavy atom. The van der Waals surface area contributed by atoms with Crippen LogP contribution in [0.15, 0.2) is 16.5 Å². The van der Waals surface area contributed by atoms with Crippen LogP contribution in [-0.4, -0.2) is 70.5 Å². The molecule has 0 spiro atoms. The van der Waals surface area contributed by atoms with Crippen molar-refractivity contribution in [3.8, 4) is 0 Å². The minimum Gasteiger partial charge on any atom is -0.422 e.